The van der Waals surface area contributed by atoms with Crippen LogP contribution < -0.4 is 10.6 Å². The van der Waals surface area contributed by atoms with Gasteiger partial charge in [0.05, 0.1) is 16.7 Å². The topological polar surface area (TPSA) is 160 Å². The Hall–Kier alpha value is -4.71. The molecule has 3 heterocycles. The van der Waals surface area contributed by atoms with E-state index in [0.29, 0.717) is 5.56 Å². The lowest BCUT2D eigenvalue weighted by Crippen LogP contribution is -2.54. The first-order valence-electron chi connectivity index (χ1n) is 11.8. The Bertz CT molecular complexity index is 1650. The van der Waals surface area contributed by atoms with Gasteiger partial charge in [-0.05, 0) is 34.0 Å². The molecule has 3 aromatic rings. The number of benzene rings is 2. The molecule has 0 saturated carbocycles. The third-order valence-corrected chi connectivity index (χ3v) is 7.79. The highest BCUT2D eigenvalue weighted by molar-refractivity contribution is 9.10. The maximum atomic E-state index is 13.2. The molecule has 0 radical (unpaired) electrons. The van der Waals surface area contributed by atoms with Gasteiger partial charge in [-0.3, -0.25) is 43.8 Å². The number of rotatable bonds is 4. The van der Waals surface area contributed by atoms with Gasteiger partial charge in [-0.1, -0.05) is 30.3 Å². The molecule has 0 bridgehead atoms. The van der Waals surface area contributed by atoms with Crippen LogP contribution in [0.25, 0.3) is 0 Å². The summed E-state index contributed by atoms with van der Waals surface area (Å²) in [7, 11) is 0. The van der Waals surface area contributed by atoms with Crippen molar-refractivity contribution in [3.05, 3.63) is 91.8 Å². The van der Waals surface area contributed by atoms with Crippen molar-refractivity contribution in [3.63, 3.8) is 0 Å². The van der Waals surface area contributed by atoms with Crippen LogP contribution in [0.2, 0.25) is 0 Å². The first-order valence-corrected chi connectivity index (χ1v) is 12.6. The van der Waals surface area contributed by atoms with E-state index in [9.17, 15) is 33.6 Å². The fourth-order valence-electron chi connectivity index (χ4n) is 4.95. The van der Waals surface area contributed by atoms with Gasteiger partial charge >= 0.3 is 0 Å². The van der Waals surface area contributed by atoms with E-state index in [2.05, 4.69) is 26.6 Å². The van der Waals surface area contributed by atoms with E-state index in [-0.39, 0.29) is 63.2 Å². The van der Waals surface area contributed by atoms with Crippen LogP contribution >= 0.6 is 15.9 Å². The number of imide groups is 2. The molecule has 2 N–H and O–H groups in total. The third-order valence-electron chi connectivity index (χ3n) is 6.89. The fourth-order valence-corrected chi connectivity index (χ4v) is 5.60. The molecule has 2 aliphatic heterocycles. The normalized spacial score (nSPS) is 18.1. The maximum absolute atomic E-state index is 13.2. The lowest BCUT2D eigenvalue weighted by atomic mass is 9.89. The monoisotopic (exact) mass is 589 g/mol. The summed E-state index contributed by atoms with van der Waals surface area (Å²) in [5.41, 5.74) is 1.00. The smallest absolute Gasteiger partial charge is 0.287 e. The summed E-state index contributed by atoms with van der Waals surface area (Å²) in [6, 6.07) is 9.39. The number of carbonyl (C=O) groups is 7. The molecule has 11 nitrogen and oxygen atoms in total. The van der Waals surface area contributed by atoms with Gasteiger partial charge in [-0.15, -0.1) is 0 Å². The Balaban J connectivity index is 1.21. The van der Waals surface area contributed by atoms with E-state index < -0.39 is 47.1 Å². The van der Waals surface area contributed by atoms with Crippen molar-refractivity contribution >= 4 is 57.0 Å². The highest BCUT2D eigenvalue weighted by Crippen LogP contribution is 2.35. The second-order valence-corrected chi connectivity index (χ2v) is 9.94. The van der Waals surface area contributed by atoms with E-state index in [1.807, 2.05) is 0 Å². The van der Waals surface area contributed by atoms with Gasteiger partial charge in [0.2, 0.25) is 17.6 Å². The van der Waals surface area contributed by atoms with Crippen molar-refractivity contribution in [3.8, 4) is 0 Å². The predicted molar refractivity (Wildman–Crippen MR) is 134 cm³/mol. The number of carbonyl (C=O) groups excluding carboxylic acids is 7. The minimum atomic E-state index is -1.10. The van der Waals surface area contributed by atoms with Crippen LogP contribution in [0, 0.1) is 0 Å². The highest BCUT2D eigenvalue weighted by atomic mass is 79.9. The van der Waals surface area contributed by atoms with Crippen LogP contribution in [0.3, 0.4) is 0 Å². The van der Waals surface area contributed by atoms with Gasteiger partial charge in [0.25, 0.3) is 17.7 Å². The van der Waals surface area contributed by atoms with Crippen LogP contribution in [-0.4, -0.2) is 52.0 Å². The summed E-state index contributed by atoms with van der Waals surface area (Å²) in [6.45, 7) is -0.0972. The molecule has 1 unspecified atom stereocenters. The quantitative estimate of drug-likeness (QED) is 0.342. The van der Waals surface area contributed by atoms with Crippen LogP contribution in [-0.2, 0) is 16.1 Å². The highest BCUT2D eigenvalue weighted by Gasteiger charge is 2.45. The molecule has 1 aliphatic carbocycles. The van der Waals surface area contributed by atoms with Crippen LogP contribution in [0.4, 0.5) is 0 Å². The van der Waals surface area contributed by atoms with Crippen LogP contribution in [0.1, 0.15) is 81.7 Å². The van der Waals surface area contributed by atoms with E-state index >= 15 is 0 Å². The molecule has 2 aromatic carbocycles. The average Bonchev–Trinajstić information content (AvgIpc) is 3.48. The number of piperidine rings is 1. The SMILES string of the molecule is O=C1CCC(N2C(=O)c3ccc(CNC(=O)c4cc5c(o4)C(=O)c4ccccc4C5=O)c(Br)c3C2=O)C(=O)N1. The van der Waals surface area contributed by atoms with E-state index in [4.69, 9.17) is 4.42 Å². The molecule has 194 valence electrons. The van der Waals surface area contributed by atoms with Crippen molar-refractivity contribution < 1.29 is 38.0 Å². The van der Waals surface area contributed by atoms with Gasteiger partial charge in [0, 0.05) is 34.6 Å². The largest absolute Gasteiger partial charge is 0.447 e. The predicted octanol–water partition coefficient (Wildman–Crippen LogP) is 2.15. The Labute approximate surface area is 227 Å². The number of furan rings is 1. The molecule has 3 aliphatic rings. The minimum Gasteiger partial charge on any atom is -0.447 e. The van der Waals surface area contributed by atoms with Gasteiger partial charge < -0.3 is 9.73 Å². The second kappa shape index (κ2) is 8.95. The minimum absolute atomic E-state index is 0.000196. The standard InChI is InChI=1S/C27H16BrN3O8/c28-20-11(5-6-14-19(20)27(38)31(26(14)37)16-7-8-18(32)30-24(16)35)10-29-25(36)17-9-15-21(33)12-3-1-2-4-13(12)22(34)23(15)39-17/h1-6,9,16H,7-8,10H2,(H,29,36)(H,30,32,35). The van der Waals surface area contributed by atoms with Crippen LogP contribution in [0.15, 0.2) is 51.4 Å². The number of hydrogen-bond acceptors (Lipinski definition) is 8. The lowest BCUT2D eigenvalue weighted by molar-refractivity contribution is -0.136. The summed E-state index contributed by atoms with van der Waals surface area (Å²) in [5, 5.41) is 4.77. The molecule has 0 spiro atoms. The van der Waals surface area contributed by atoms with E-state index in [0.717, 1.165) is 4.90 Å². The molecule has 39 heavy (non-hydrogen) atoms. The van der Waals surface area contributed by atoms with Crippen molar-refractivity contribution in [2.24, 2.45) is 0 Å². The summed E-state index contributed by atoms with van der Waals surface area (Å²) in [5.74, 6) is -4.60. The Morgan fingerprint density at radius 1 is 0.949 bits per heavy atom. The number of ketones is 2. The molecule has 1 fully saturated rings. The van der Waals surface area contributed by atoms with Gasteiger partial charge in [-0.2, -0.15) is 0 Å². The first-order chi connectivity index (χ1) is 18.7. The second-order valence-electron chi connectivity index (χ2n) is 9.15. The molecule has 1 saturated heterocycles. The van der Waals surface area contributed by atoms with E-state index in [1.165, 1.54) is 24.3 Å². The van der Waals surface area contributed by atoms with Gasteiger partial charge in [0.15, 0.2) is 17.3 Å². The zero-order chi connectivity index (χ0) is 27.6. The van der Waals surface area contributed by atoms with Crippen molar-refractivity contribution in [2.45, 2.75) is 25.4 Å². The molecule has 1 atom stereocenters. The fraction of sp³-hybridized carbons (Fsp3) is 0.148. The first kappa shape index (κ1) is 24.6. The average molecular weight is 590 g/mol. The molecule has 1 aromatic heterocycles. The number of nitrogens with one attached hydrogen (secondary N) is 2. The zero-order valence-corrected chi connectivity index (χ0v) is 21.4. The summed E-state index contributed by atoms with van der Waals surface area (Å²) < 4.78 is 5.73. The number of amides is 5. The number of hydrogen-bond donors (Lipinski definition) is 2. The molecular formula is C27H16BrN3O8. The lowest BCUT2D eigenvalue weighted by Gasteiger charge is -2.27. The van der Waals surface area contributed by atoms with Gasteiger partial charge in [0.1, 0.15) is 6.04 Å². The molecular weight excluding hydrogens is 574 g/mol. The Morgan fingerprint density at radius 3 is 2.38 bits per heavy atom. The Morgan fingerprint density at radius 2 is 1.67 bits per heavy atom. The summed E-state index contributed by atoms with van der Waals surface area (Å²) >= 11 is 3.34. The number of halogens is 1. The molecule has 5 amide bonds. The van der Waals surface area contributed by atoms with E-state index in [1.54, 1.807) is 18.2 Å². The molecule has 6 rings (SSSR count). The van der Waals surface area contributed by atoms with Gasteiger partial charge in [-0.25, -0.2) is 0 Å². The summed E-state index contributed by atoms with van der Waals surface area (Å²) in [6.07, 6.45) is 0.0294. The number of fused-ring (bicyclic) bond motifs is 3. The van der Waals surface area contributed by atoms with Crippen molar-refractivity contribution in [1.29, 1.82) is 0 Å². The zero-order valence-electron chi connectivity index (χ0n) is 19.8. The number of nitrogens with zero attached hydrogens (tertiary/aromatic N) is 1. The van der Waals surface area contributed by atoms with Crippen molar-refractivity contribution in [2.75, 3.05) is 0 Å². The molecule has 12 heteroatoms. The maximum Gasteiger partial charge on any atom is 0.287 e. The third kappa shape index (κ3) is 3.75. The Kier molecular flexibility index (Phi) is 5.65. The van der Waals surface area contributed by atoms with Crippen LogP contribution in [0.5, 0.6) is 0 Å². The summed E-state index contributed by atoms with van der Waals surface area (Å²) in [4.78, 5) is 89.2. The van der Waals surface area contributed by atoms with Crippen molar-refractivity contribution in [1.82, 2.24) is 15.5 Å².